The topological polar surface area (TPSA) is 30.7 Å². The summed E-state index contributed by atoms with van der Waals surface area (Å²) in [6.07, 6.45) is 0. The van der Waals surface area contributed by atoms with Gasteiger partial charge in [0.25, 0.3) is 0 Å². The summed E-state index contributed by atoms with van der Waals surface area (Å²) in [5.74, 6) is 0. The van der Waals surface area contributed by atoms with Crippen molar-refractivity contribution in [1.29, 1.82) is 0 Å². The first kappa shape index (κ1) is 37.5. The zero-order chi connectivity index (χ0) is 44.0. The Bertz CT molecular complexity index is 4310. The molecule has 3 heteroatoms. The van der Waals surface area contributed by atoms with Gasteiger partial charge in [0, 0.05) is 27.6 Å². The molecule has 2 aromatic heterocycles. The lowest BCUT2D eigenvalue weighted by Gasteiger charge is -2.15. The van der Waals surface area contributed by atoms with E-state index >= 15 is 0 Å². The van der Waals surface area contributed by atoms with Crippen molar-refractivity contribution in [1.82, 2.24) is 14.5 Å². The van der Waals surface area contributed by atoms with Crippen molar-refractivity contribution in [2.24, 2.45) is 0 Å². The van der Waals surface area contributed by atoms with Crippen LogP contribution in [0.15, 0.2) is 237 Å². The fourth-order valence-electron chi connectivity index (χ4n) is 10.7. The van der Waals surface area contributed by atoms with Crippen molar-refractivity contribution in [3.8, 4) is 50.5 Å². The van der Waals surface area contributed by atoms with Crippen LogP contribution in [0.1, 0.15) is 0 Å². The normalized spacial score (nSPS) is 11.9. The smallest absolute Gasteiger partial charge is 0.0973 e. The van der Waals surface area contributed by atoms with Crippen LogP contribution in [0.3, 0.4) is 0 Å². The van der Waals surface area contributed by atoms with Crippen LogP contribution in [0, 0.1) is 0 Å². The number of aromatic nitrogens is 3. The first-order valence-electron chi connectivity index (χ1n) is 23.0. The molecule has 0 aliphatic heterocycles. The van der Waals surface area contributed by atoms with Crippen LogP contribution >= 0.6 is 0 Å². The molecule has 0 aliphatic rings. The third kappa shape index (κ3) is 5.99. The lowest BCUT2D eigenvalue weighted by atomic mass is 9.92. The van der Waals surface area contributed by atoms with Gasteiger partial charge in [-0.1, -0.05) is 188 Å². The highest BCUT2D eigenvalue weighted by molar-refractivity contribution is 6.16. The molecule has 12 aromatic carbocycles. The van der Waals surface area contributed by atoms with E-state index in [1.165, 1.54) is 81.3 Å². The lowest BCUT2D eigenvalue weighted by molar-refractivity contribution is 1.18. The van der Waals surface area contributed by atoms with Gasteiger partial charge in [-0.05, 0) is 125 Å². The van der Waals surface area contributed by atoms with Crippen LogP contribution in [0.2, 0.25) is 0 Å². The Hall–Kier alpha value is -8.92. The van der Waals surface area contributed by atoms with Crippen LogP contribution in [0.5, 0.6) is 0 Å². The molecule has 14 rings (SSSR count). The molecule has 0 bridgehead atoms. The highest BCUT2D eigenvalue weighted by Gasteiger charge is 2.19. The average molecular weight is 850 g/mol. The second-order valence-corrected chi connectivity index (χ2v) is 17.7. The molecule has 0 N–H and O–H groups in total. The highest BCUT2D eigenvalue weighted by Crippen LogP contribution is 2.41. The van der Waals surface area contributed by atoms with Crippen LogP contribution in [0.4, 0.5) is 0 Å². The number of rotatable bonds is 5. The first-order chi connectivity index (χ1) is 33.2. The summed E-state index contributed by atoms with van der Waals surface area (Å²) in [5.41, 5.74) is 13.5. The molecule has 14 aromatic rings. The van der Waals surface area contributed by atoms with E-state index in [0.717, 1.165) is 55.9 Å². The van der Waals surface area contributed by atoms with E-state index in [2.05, 4.69) is 241 Å². The Morgan fingerprint density at radius 1 is 0.254 bits per heavy atom. The summed E-state index contributed by atoms with van der Waals surface area (Å²) < 4.78 is 2.38. The third-order valence-corrected chi connectivity index (χ3v) is 13.9. The fourth-order valence-corrected chi connectivity index (χ4v) is 10.7. The van der Waals surface area contributed by atoms with Crippen LogP contribution in [-0.2, 0) is 0 Å². The summed E-state index contributed by atoms with van der Waals surface area (Å²) in [6.45, 7) is 0. The summed E-state index contributed by atoms with van der Waals surface area (Å²) in [7, 11) is 0. The van der Waals surface area contributed by atoms with Gasteiger partial charge in [0.1, 0.15) is 0 Å². The predicted octanol–water partition coefficient (Wildman–Crippen LogP) is 17.2. The van der Waals surface area contributed by atoms with Gasteiger partial charge in [0.2, 0.25) is 0 Å². The summed E-state index contributed by atoms with van der Waals surface area (Å²) in [5, 5.41) is 14.9. The maximum atomic E-state index is 5.58. The van der Waals surface area contributed by atoms with Crippen molar-refractivity contribution in [2.75, 3.05) is 0 Å². The molecule has 0 saturated carbocycles. The lowest BCUT2D eigenvalue weighted by Crippen LogP contribution is -1.98. The molecule has 310 valence electrons. The van der Waals surface area contributed by atoms with E-state index in [4.69, 9.17) is 9.97 Å². The molecule has 0 fully saturated rings. The largest absolute Gasteiger partial charge is 0.309 e. The molecule has 67 heavy (non-hydrogen) atoms. The summed E-state index contributed by atoms with van der Waals surface area (Å²) in [4.78, 5) is 11.1. The van der Waals surface area contributed by atoms with Gasteiger partial charge in [-0.3, -0.25) is 0 Å². The monoisotopic (exact) mass is 849 g/mol. The van der Waals surface area contributed by atoms with E-state index in [9.17, 15) is 0 Å². The second kappa shape index (κ2) is 14.8. The minimum atomic E-state index is 0.840. The molecular weight excluding hydrogens is 811 g/mol. The van der Waals surface area contributed by atoms with Crippen LogP contribution in [-0.4, -0.2) is 14.5 Å². The van der Waals surface area contributed by atoms with Gasteiger partial charge < -0.3 is 4.57 Å². The quantitative estimate of drug-likeness (QED) is 0.162. The maximum absolute atomic E-state index is 5.58. The van der Waals surface area contributed by atoms with E-state index in [1.807, 2.05) is 0 Å². The number of hydrogen-bond donors (Lipinski definition) is 0. The molecule has 0 unspecified atom stereocenters. The van der Waals surface area contributed by atoms with Crippen molar-refractivity contribution < 1.29 is 0 Å². The zero-order valence-electron chi connectivity index (χ0n) is 36.4. The minimum absolute atomic E-state index is 0.840. The number of para-hydroxylation sites is 1. The van der Waals surface area contributed by atoms with E-state index in [0.29, 0.717) is 0 Å². The van der Waals surface area contributed by atoms with Crippen LogP contribution in [0.25, 0.3) is 137 Å². The Labute approximate surface area is 386 Å². The van der Waals surface area contributed by atoms with E-state index in [-0.39, 0.29) is 0 Å². The Balaban J connectivity index is 0.945. The van der Waals surface area contributed by atoms with Crippen molar-refractivity contribution >= 4 is 86.7 Å². The highest BCUT2D eigenvalue weighted by atomic mass is 15.0. The number of fused-ring (bicyclic) bond motifs is 11. The molecule has 0 radical (unpaired) electrons. The Kier molecular flexibility index (Phi) is 8.28. The molecule has 0 aliphatic carbocycles. The standard InChI is InChI=1S/C64H39N3/c1-2-14-45-38-62-58(35-44(45)13-1)55-23-11-12-24-61(55)67(62)48-33-34-59-60(39-48)66-64(43-31-27-41(28-32-43)57-37-47-16-4-6-18-50(47)52-20-8-10-22-54(52)57)63(65-59)42-29-25-40(26-30-42)56-36-46-15-3-5-17-49(46)51-19-7-9-21-53(51)56/h1-39H. The van der Waals surface area contributed by atoms with Crippen molar-refractivity contribution in [2.45, 2.75) is 0 Å². The Morgan fingerprint density at radius 3 is 1.25 bits per heavy atom. The van der Waals surface area contributed by atoms with Crippen molar-refractivity contribution in [3.05, 3.63) is 237 Å². The zero-order valence-corrected chi connectivity index (χ0v) is 36.4. The van der Waals surface area contributed by atoms with Crippen molar-refractivity contribution in [3.63, 3.8) is 0 Å². The molecular formula is C64H39N3. The fraction of sp³-hybridized carbons (Fsp3) is 0. The molecule has 0 spiro atoms. The van der Waals surface area contributed by atoms with E-state index in [1.54, 1.807) is 0 Å². The number of nitrogens with zero attached hydrogens (tertiary/aromatic N) is 3. The van der Waals surface area contributed by atoms with Crippen LogP contribution < -0.4 is 0 Å². The SMILES string of the molecule is c1ccc2cc3c(cc2c1)c1ccccc1n3-c1ccc2nc(-c3ccc(-c4cc5ccccc5c5ccccc45)cc3)c(-c3ccc(-c4cc5ccccc5c5ccccc45)cc3)nc2c1. The van der Waals surface area contributed by atoms with Gasteiger partial charge >= 0.3 is 0 Å². The number of benzene rings is 12. The Morgan fingerprint density at radius 2 is 0.687 bits per heavy atom. The van der Waals surface area contributed by atoms with Gasteiger partial charge in [-0.15, -0.1) is 0 Å². The second-order valence-electron chi connectivity index (χ2n) is 17.7. The van der Waals surface area contributed by atoms with Gasteiger partial charge in [-0.25, -0.2) is 9.97 Å². The average Bonchev–Trinajstić information content (AvgIpc) is 3.72. The van der Waals surface area contributed by atoms with Gasteiger partial charge in [0.05, 0.1) is 33.5 Å². The minimum Gasteiger partial charge on any atom is -0.309 e. The first-order valence-corrected chi connectivity index (χ1v) is 23.0. The molecule has 2 heterocycles. The molecule has 3 nitrogen and oxygen atoms in total. The van der Waals surface area contributed by atoms with Gasteiger partial charge in [-0.2, -0.15) is 0 Å². The molecule has 0 saturated heterocycles. The summed E-state index contributed by atoms with van der Waals surface area (Å²) >= 11 is 0. The number of hydrogen-bond acceptors (Lipinski definition) is 2. The predicted molar refractivity (Wildman–Crippen MR) is 283 cm³/mol. The third-order valence-electron chi connectivity index (χ3n) is 13.9. The maximum Gasteiger partial charge on any atom is 0.0973 e. The van der Waals surface area contributed by atoms with Gasteiger partial charge in [0.15, 0.2) is 0 Å². The summed E-state index contributed by atoms with van der Waals surface area (Å²) in [6, 6.07) is 85.8. The van der Waals surface area contributed by atoms with E-state index < -0.39 is 0 Å². The molecule has 0 amide bonds. The molecule has 0 atom stereocenters.